The van der Waals surface area contributed by atoms with Gasteiger partial charge in [-0.2, -0.15) is 4.90 Å². The van der Waals surface area contributed by atoms with Crippen molar-refractivity contribution in [1.29, 1.82) is 0 Å². The molecule has 5 nitrogen and oxygen atoms in total. The van der Waals surface area contributed by atoms with Gasteiger partial charge in [0.1, 0.15) is 5.54 Å². The molecule has 1 atom stereocenters. The number of imide groups is 3. The smallest absolute Gasteiger partial charge is 0.301 e. The van der Waals surface area contributed by atoms with Crippen molar-refractivity contribution in [2.24, 2.45) is 0 Å². The Balaban J connectivity index is 1.58. The van der Waals surface area contributed by atoms with Crippen molar-refractivity contribution in [2.75, 3.05) is 0 Å². The molecule has 4 aromatic rings. The molecule has 0 N–H and O–H groups in total. The molecule has 1 unspecified atom stereocenters. The molecule has 5 rings (SSSR count). The molecule has 6 heteroatoms. The summed E-state index contributed by atoms with van der Waals surface area (Å²) in [6, 6.07) is 28.3. The largest absolute Gasteiger partial charge is 0.335 e. The number of carbonyl (C=O) groups excluding carboxylic acids is 3. The van der Waals surface area contributed by atoms with E-state index in [-0.39, 0.29) is 12.1 Å². The Kier molecular flexibility index (Phi) is 5.42. The third-order valence-corrected chi connectivity index (χ3v) is 6.58. The van der Waals surface area contributed by atoms with E-state index in [9.17, 15) is 14.4 Å². The van der Waals surface area contributed by atoms with Gasteiger partial charge >= 0.3 is 6.03 Å². The van der Waals surface area contributed by atoms with Crippen LogP contribution in [-0.2, 0) is 16.9 Å². The number of hydrogen-bond acceptors (Lipinski definition) is 3. The Bertz CT molecular complexity index is 1440. The highest BCUT2D eigenvalue weighted by Gasteiger charge is 2.57. The summed E-state index contributed by atoms with van der Waals surface area (Å²) >= 11 is 6.16. The Morgan fingerprint density at radius 1 is 0.824 bits per heavy atom. The minimum absolute atomic E-state index is 0.123. The minimum atomic E-state index is -1.35. The number of hydrogen-bond donors (Lipinski definition) is 0. The predicted molar refractivity (Wildman–Crippen MR) is 131 cm³/mol. The van der Waals surface area contributed by atoms with E-state index in [0.717, 1.165) is 21.2 Å². The van der Waals surface area contributed by atoms with Crippen molar-refractivity contribution < 1.29 is 14.4 Å². The molecule has 1 aliphatic heterocycles. The maximum absolute atomic E-state index is 13.8. The number of fused-ring (bicyclic) bond motifs is 1. The molecule has 0 aromatic heterocycles. The normalized spacial score (nSPS) is 18.1. The van der Waals surface area contributed by atoms with Gasteiger partial charge in [0.2, 0.25) is 0 Å². The van der Waals surface area contributed by atoms with Gasteiger partial charge in [-0.15, -0.1) is 0 Å². The third kappa shape index (κ3) is 3.55. The number of rotatable bonds is 4. The zero-order chi connectivity index (χ0) is 23.9. The van der Waals surface area contributed by atoms with Crippen LogP contribution in [0, 0.1) is 0 Å². The first kappa shape index (κ1) is 21.9. The summed E-state index contributed by atoms with van der Waals surface area (Å²) in [7, 11) is 0. The van der Waals surface area contributed by atoms with Crippen LogP contribution in [0.3, 0.4) is 0 Å². The summed E-state index contributed by atoms with van der Waals surface area (Å²) in [5.41, 5.74) is 0.313. The van der Waals surface area contributed by atoms with Gasteiger partial charge in [0.15, 0.2) is 0 Å². The molecule has 168 valence electrons. The lowest BCUT2D eigenvalue weighted by Gasteiger charge is -2.32. The van der Waals surface area contributed by atoms with Crippen LogP contribution in [0.4, 0.5) is 4.79 Å². The van der Waals surface area contributed by atoms with Gasteiger partial charge in [0.25, 0.3) is 11.8 Å². The lowest BCUT2D eigenvalue weighted by molar-refractivity contribution is -0.131. The second-order valence-electron chi connectivity index (χ2n) is 8.44. The van der Waals surface area contributed by atoms with E-state index in [0.29, 0.717) is 10.6 Å². The number of urea groups is 1. The Morgan fingerprint density at radius 2 is 1.53 bits per heavy atom. The topological polar surface area (TPSA) is 57.7 Å². The van der Waals surface area contributed by atoms with E-state index in [4.69, 9.17) is 11.6 Å². The molecule has 4 aromatic carbocycles. The highest BCUT2D eigenvalue weighted by molar-refractivity contribution is 6.30. The maximum Gasteiger partial charge on any atom is 0.335 e. The number of halogens is 1. The molecule has 0 spiro atoms. The number of carbonyl (C=O) groups is 3. The fourth-order valence-electron chi connectivity index (χ4n) is 4.45. The maximum atomic E-state index is 13.8. The molecular formula is C28H21ClN2O3. The van der Waals surface area contributed by atoms with Crippen LogP contribution >= 0.6 is 11.6 Å². The molecule has 1 heterocycles. The summed E-state index contributed by atoms with van der Waals surface area (Å²) in [6.45, 7) is 1.80. The lowest BCUT2D eigenvalue weighted by Crippen LogP contribution is -2.44. The number of nitrogens with zero attached hydrogens (tertiary/aromatic N) is 2. The fourth-order valence-corrected chi connectivity index (χ4v) is 4.66. The van der Waals surface area contributed by atoms with Crippen LogP contribution in [0.15, 0.2) is 97.1 Å². The van der Waals surface area contributed by atoms with E-state index in [2.05, 4.69) is 0 Å². The molecule has 0 bridgehead atoms. The molecule has 1 saturated heterocycles. The van der Waals surface area contributed by atoms with E-state index < -0.39 is 23.4 Å². The first-order valence-electron chi connectivity index (χ1n) is 10.9. The summed E-state index contributed by atoms with van der Waals surface area (Å²) in [4.78, 5) is 43.2. The first-order chi connectivity index (χ1) is 16.4. The minimum Gasteiger partial charge on any atom is -0.301 e. The van der Waals surface area contributed by atoms with Crippen LogP contribution in [0.5, 0.6) is 0 Å². The van der Waals surface area contributed by atoms with Gasteiger partial charge in [-0.25, -0.2) is 4.79 Å². The van der Waals surface area contributed by atoms with Gasteiger partial charge < -0.3 is 4.90 Å². The Hall–Kier alpha value is -3.96. The quantitative estimate of drug-likeness (QED) is 0.272. The molecule has 0 radical (unpaired) electrons. The molecule has 1 fully saturated rings. The Labute approximate surface area is 202 Å². The molecule has 0 saturated carbocycles. The average molecular weight is 469 g/mol. The summed E-state index contributed by atoms with van der Waals surface area (Å²) in [5, 5.41) is 2.35. The van der Waals surface area contributed by atoms with Crippen LogP contribution in [0.1, 0.15) is 28.4 Å². The second-order valence-corrected chi connectivity index (χ2v) is 8.88. The molecule has 1 aliphatic rings. The standard InChI is InChI=1S/C28H21ClN2O3/c1-28(23-11-3-2-4-12-23)26(33)31(27(34)30(28)18-19-8-7-13-24(29)16-19)25(32)22-15-14-20-9-5-6-10-21(20)17-22/h2-17H,18H2,1H3. The highest BCUT2D eigenvalue weighted by Crippen LogP contribution is 2.39. The Morgan fingerprint density at radius 3 is 2.26 bits per heavy atom. The molecule has 4 amide bonds. The molecule has 0 aliphatic carbocycles. The van der Waals surface area contributed by atoms with Crippen molar-refractivity contribution in [1.82, 2.24) is 9.80 Å². The van der Waals surface area contributed by atoms with Crippen molar-refractivity contribution in [3.8, 4) is 0 Å². The monoisotopic (exact) mass is 468 g/mol. The summed E-state index contributed by atoms with van der Waals surface area (Å²) in [5.74, 6) is -1.22. The van der Waals surface area contributed by atoms with E-state index in [1.165, 1.54) is 4.90 Å². The van der Waals surface area contributed by atoms with Gasteiger partial charge in [-0.3, -0.25) is 9.59 Å². The van der Waals surface area contributed by atoms with Gasteiger partial charge in [0, 0.05) is 17.1 Å². The fraction of sp³-hybridized carbons (Fsp3) is 0.107. The zero-order valence-electron chi connectivity index (χ0n) is 18.4. The summed E-state index contributed by atoms with van der Waals surface area (Å²) in [6.07, 6.45) is 0. The van der Waals surface area contributed by atoms with Crippen molar-refractivity contribution in [3.63, 3.8) is 0 Å². The van der Waals surface area contributed by atoms with E-state index >= 15 is 0 Å². The average Bonchev–Trinajstić information content (AvgIpc) is 3.05. The van der Waals surface area contributed by atoms with Crippen molar-refractivity contribution in [2.45, 2.75) is 19.0 Å². The summed E-state index contributed by atoms with van der Waals surface area (Å²) < 4.78 is 0. The van der Waals surface area contributed by atoms with Crippen LogP contribution in [-0.4, -0.2) is 27.6 Å². The second kappa shape index (κ2) is 8.43. The predicted octanol–water partition coefficient (Wildman–Crippen LogP) is 6.01. The number of amides is 4. The van der Waals surface area contributed by atoms with Gasteiger partial charge in [-0.05, 0) is 53.1 Å². The van der Waals surface area contributed by atoms with E-state index in [1.54, 1.807) is 49.4 Å². The third-order valence-electron chi connectivity index (χ3n) is 6.35. The zero-order valence-corrected chi connectivity index (χ0v) is 19.2. The first-order valence-corrected chi connectivity index (χ1v) is 11.3. The molecular weight excluding hydrogens is 448 g/mol. The van der Waals surface area contributed by atoms with Crippen LogP contribution in [0.2, 0.25) is 5.02 Å². The van der Waals surface area contributed by atoms with E-state index in [1.807, 2.05) is 54.6 Å². The number of benzene rings is 4. The van der Waals surface area contributed by atoms with Crippen LogP contribution in [0.25, 0.3) is 10.8 Å². The molecule has 34 heavy (non-hydrogen) atoms. The van der Waals surface area contributed by atoms with Crippen molar-refractivity contribution in [3.05, 3.63) is 119 Å². The highest BCUT2D eigenvalue weighted by atomic mass is 35.5. The van der Waals surface area contributed by atoms with Gasteiger partial charge in [0.05, 0.1) is 0 Å². The lowest BCUT2D eigenvalue weighted by atomic mass is 9.90. The van der Waals surface area contributed by atoms with Crippen LogP contribution < -0.4 is 0 Å². The van der Waals surface area contributed by atoms with Gasteiger partial charge in [-0.1, -0.05) is 84.4 Å². The SMILES string of the molecule is CC1(c2ccccc2)C(=O)N(C(=O)c2ccc3ccccc3c2)C(=O)N1Cc1cccc(Cl)c1. The van der Waals surface area contributed by atoms with Crippen molar-refractivity contribution >= 4 is 40.2 Å².